The van der Waals surface area contributed by atoms with E-state index in [-0.39, 0.29) is 18.1 Å². The van der Waals surface area contributed by atoms with Gasteiger partial charge in [0, 0.05) is 24.8 Å². The van der Waals surface area contributed by atoms with E-state index in [0.717, 1.165) is 32.4 Å². The quantitative estimate of drug-likeness (QED) is 0.671. The van der Waals surface area contributed by atoms with E-state index in [9.17, 15) is 9.59 Å². The van der Waals surface area contributed by atoms with E-state index in [0.29, 0.717) is 11.4 Å². The van der Waals surface area contributed by atoms with Gasteiger partial charge in [0.05, 0.1) is 7.11 Å². The van der Waals surface area contributed by atoms with Crippen LogP contribution in [0.1, 0.15) is 29.6 Å². The normalized spacial score (nSPS) is 14.6. The highest BCUT2D eigenvalue weighted by molar-refractivity contribution is 5.94. The molecule has 2 rings (SSSR count). The number of nitrogen functional groups attached to an aromatic ring is 1. The fourth-order valence-electron chi connectivity index (χ4n) is 2.32. The molecule has 2 N–H and O–H groups in total. The Balaban J connectivity index is 1.93. The van der Waals surface area contributed by atoms with Crippen molar-refractivity contribution in [2.24, 2.45) is 0 Å². The van der Waals surface area contributed by atoms with Gasteiger partial charge in [0.15, 0.2) is 6.61 Å². The standard InChI is InChI=1S/C15H20N2O4/c1-20-13-9-11(16)5-6-12(13)15(19)21-10-14(18)17-7-3-2-4-8-17/h5-6,9H,2-4,7-8,10,16H2,1H3. The second kappa shape index (κ2) is 6.97. The van der Waals surface area contributed by atoms with Crippen LogP contribution in [0.3, 0.4) is 0 Å². The molecule has 1 amide bonds. The first-order chi connectivity index (χ1) is 10.1. The highest BCUT2D eigenvalue weighted by Crippen LogP contribution is 2.22. The number of piperidine rings is 1. The van der Waals surface area contributed by atoms with Gasteiger partial charge in [0.1, 0.15) is 11.3 Å². The Bertz CT molecular complexity index is 524. The minimum absolute atomic E-state index is 0.155. The van der Waals surface area contributed by atoms with Gasteiger partial charge in [-0.2, -0.15) is 0 Å². The number of carbonyl (C=O) groups excluding carboxylic acids is 2. The topological polar surface area (TPSA) is 81.9 Å². The molecule has 114 valence electrons. The van der Waals surface area contributed by atoms with Crippen molar-refractivity contribution in [3.63, 3.8) is 0 Å². The number of carbonyl (C=O) groups is 2. The second-order valence-corrected chi connectivity index (χ2v) is 4.98. The van der Waals surface area contributed by atoms with Crippen molar-refractivity contribution in [2.45, 2.75) is 19.3 Å². The fraction of sp³-hybridized carbons (Fsp3) is 0.467. The molecule has 1 aromatic rings. The maximum absolute atomic E-state index is 12.0. The monoisotopic (exact) mass is 292 g/mol. The summed E-state index contributed by atoms with van der Waals surface area (Å²) >= 11 is 0. The molecule has 0 saturated carbocycles. The SMILES string of the molecule is COc1cc(N)ccc1C(=O)OCC(=O)N1CCCCC1. The summed E-state index contributed by atoms with van der Waals surface area (Å²) in [7, 11) is 1.45. The molecule has 1 aromatic carbocycles. The van der Waals surface area contributed by atoms with Crippen molar-refractivity contribution in [1.29, 1.82) is 0 Å². The molecule has 0 aliphatic carbocycles. The number of amides is 1. The molecule has 0 atom stereocenters. The van der Waals surface area contributed by atoms with E-state index in [4.69, 9.17) is 15.2 Å². The molecule has 1 aliphatic heterocycles. The van der Waals surface area contributed by atoms with E-state index in [2.05, 4.69) is 0 Å². The van der Waals surface area contributed by atoms with E-state index >= 15 is 0 Å². The molecule has 6 nitrogen and oxygen atoms in total. The number of nitrogens with zero attached hydrogens (tertiary/aromatic N) is 1. The number of benzene rings is 1. The molecule has 0 radical (unpaired) electrons. The summed E-state index contributed by atoms with van der Waals surface area (Å²) in [6.45, 7) is 1.23. The van der Waals surface area contributed by atoms with Crippen molar-refractivity contribution in [3.8, 4) is 5.75 Å². The van der Waals surface area contributed by atoms with Gasteiger partial charge >= 0.3 is 5.97 Å². The zero-order valence-corrected chi connectivity index (χ0v) is 12.1. The zero-order valence-electron chi connectivity index (χ0n) is 12.1. The van der Waals surface area contributed by atoms with Gasteiger partial charge in [-0.1, -0.05) is 0 Å². The van der Waals surface area contributed by atoms with Gasteiger partial charge in [-0.15, -0.1) is 0 Å². The third kappa shape index (κ3) is 3.87. The van der Waals surface area contributed by atoms with Gasteiger partial charge in [-0.3, -0.25) is 4.79 Å². The number of esters is 1. The highest BCUT2D eigenvalue weighted by atomic mass is 16.5. The number of anilines is 1. The van der Waals surface area contributed by atoms with Crippen LogP contribution >= 0.6 is 0 Å². The van der Waals surface area contributed by atoms with E-state index in [1.165, 1.54) is 13.2 Å². The minimum Gasteiger partial charge on any atom is -0.496 e. The lowest BCUT2D eigenvalue weighted by Gasteiger charge is -2.26. The number of ether oxygens (including phenoxy) is 2. The number of likely N-dealkylation sites (tertiary alicyclic amines) is 1. The first kappa shape index (κ1) is 15.2. The van der Waals surface area contributed by atoms with Crippen LogP contribution in [0.2, 0.25) is 0 Å². The Kier molecular flexibility index (Phi) is 5.03. The van der Waals surface area contributed by atoms with Crippen molar-refractivity contribution in [3.05, 3.63) is 23.8 Å². The van der Waals surface area contributed by atoms with Gasteiger partial charge in [-0.05, 0) is 31.4 Å². The lowest BCUT2D eigenvalue weighted by molar-refractivity contribution is -0.135. The summed E-state index contributed by atoms with van der Waals surface area (Å²) in [5.41, 5.74) is 6.39. The molecule has 1 aliphatic rings. The molecule has 0 spiro atoms. The fourth-order valence-corrected chi connectivity index (χ4v) is 2.32. The Hall–Kier alpha value is -2.24. The molecule has 0 bridgehead atoms. The Labute approximate surface area is 123 Å². The molecule has 0 aromatic heterocycles. The predicted molar refractivity (Wildman–Crippen MR) is 78.1 cm³/mol. The largest absolute Gasteiger partial charge is 0.496 e. The van der Waals surface area contributed by atoms with Crippen LogP contribution in [0.15, 0.2) is 18.2 Å². The van der Waals surface area contributed by atoms with Crippen LogP contribution in [-0.4, -0.2) is 43.6 Å². The van der Waals surface area contributed by atoms with Crippen LogP contribution in [-0.2, 0) is 9.53 Å². The number of methoxy groups -OCH3 is 1. The molecule has 1 saturated heterocycles. The van der Waals surface area contributed by atoms with E-state index < -0.39 is 5.97 Å². The van der Waals surface area contributed by atoms with Crippen molar-refractivity contribution < 1.29 is 19.1 Å². The van der Waals surface area contributed by atoms with E-state index in [1.807, 2.05) is 0 Å². The average Bonchev–Trinajstić information content (AvgIpc) is 2.52. The van der Waals surface area contributed by atoms with Gasteiger partial charge in [0.25, 0.3) is 5.91 Å². The lowest BCUT2D eigenvalue weighted by atomic mass is 10.1. The third-order valence-corrected chi connectivity index (χ3v) is 3.48. The number of hydrogen-bond donors (Lipinski definition) is 1. The van der Waals surface area contributed by atoms with Crippen LogP contribution < -0.4 is 10.5 Å². The molecule has 6 heteroatoms. The summed E-state index contributed by atoms with van der Waals surface area (Å²) in [5, 5.41) is 0. The molecule has 21 heavy (non-hydrogen) atoms. The second-order valence-electron chi connectivity index (χ2n) is 4.98. The molecule has 1 fully saturated rings. The van der Waals surface area contributed by atoms with E-state index in [1.54, 1.807) is 17.0 Å². The molecule has 0 unspecified atom stereocenters. The van der Waals surface area contributed by atoms with Crippen LogP contribution in [0.4, 0.5) is 5.69 Å². The van der Waals surface area contributed by atoms with Gasteiger partial charge in [-0.25, -0.2) is 4.79 Å². The maximum atomic E-state index is 12.0. The summed E-state index contributed by atoms with van der Waals surface area (Å²) < 4.78 is 10.2. The summed E-state index contributed by atoms with van der Waals surface area (Å²) in [6.07, 6.45) is 3.16. The maximum Gasteiger partial charge on any atom is 0.342 e. The molecule has 1 heterocycles. The van der Waals surface area contributed by atoms with Crippen LogP contribution in [0, 0.1) is 0 Å². The van der Waals surface area contributed by atoms with Crippen molar-refractivity contribution >= 4 is 17.6 Å². The lowest BCUT2D eigenvalue weighted by Crippen LogP contribution is -2.38. The Morgan fingerprint density at radius 1 is 1.24 bits per heavy atom. The smallest absolute Gasteiger partial charge is 0.342 e. The number of rotatable bonds is 4. The first-order valence-electron chi connectivity index (χ1n) is 7.00. The first-order valence-corrected chi connectivity index (χ1v) is 7.00. The summed E-state index contributed by atoms with van der Waals surface area (Å²) in [5.74, 6) is -0.403. The third-order valence-electron chi connectivity index (χ3n) is 3.48. The zero-order chi connectivity index (χ0) is 15.2. The minimum atomic E-state index is -0.586. The summed E-state index contributed by atoms with van der Waals surface area (Å²) in [6, 6.07) is 4.66. The van der Waals surface area contributed by atoms with Gasteiger partial charge < -0.3 is 20.1 Å². The number of hydrogen-bond acceptors (Lipinski definition) is 5. The number of nitrogens with two attached hydrogens (primary N) is 1. The van der Waals surface area contributed by atoms with Crippen molar-refractivity contribution in [1.82, 2.24) is 4.90 Å². The summed E-state index contributed by atoms with van der Waals surface area (Å²) in [4.78, 5) is 25.7. The highest BCUT2D eigenvalue weighted by Gasteiger charge is 2.20. The van der Waals surface area contributed by atoms with Gasteiger partial charge in [0.2, 0.25) is 0 Å². The molecular formula is C15H20N2O4. The Morgan fingerprint density at radius 2 is 1.95 bits per heavy atom. The predicted octanol–water partition coefficient (Wildman–Crippen LogP) is 1.45. The average molecular weight is 292 g/mol. The molecular weight excluding hydrogens is 272 g/mol. The Morgan fingerprint density at radius 3 is 2.62 bits per heavy atom. The van der Waals surface area contributed by atoms with Crippen LogP contribution in [0.25, 0.3) is 0 Å². The van der Waals surface area contributed by atoms with Crippen LogP contribution in [0.5, 0.6) is 5.75 Å². The van der Waals surface area contributed by atoms with Crippen molar-refractivity contribution in [2.75, 3.05) is 32.5 Å².